The number of methoxy groups -OCH3 is 1. The SMILES string of the molecule is COC(=O)CN1CCC[C@H]1C(=O)N[C@@H](C)C(=O)N1CCC[C@H]1C(=O)O. The maximum atomic E-state index is 12.5. The van der Waals surface area contributed by atoms with Gasteiger partial charge in [-0.25, -0.2) is 4.79 Å². The molecule has 2 fully saturated rings. The molecule has 0 spiro atoms. The zero-order valence-electron chi connectivity index (χ0n) is 14.6. The molecule has 0 aromatic heterocycles. The van der Waals surface area contributed by atoms with Crippen molar-refractivity contribution in [2.24, 2.45) is 0 Å². The van der Waals surface area contributed by atoms with Gasteiger partial charge in [0.1, 0.15) is 12.1 Å². The molecule has 0 radical (unpaired) electrons. The molecule has 9 heteroatoms. The minimum Gasteiger partial charge on any atom is -0.480 e. The van der Waals surface area contributed by atoms with Crippen molar-refractivity contribution in [2.75, 3.05) is 26.7 Å². The summed E-state index contributed by atoms with van der Waals surface area (Å²) in [6.07, 6.45) is 2.45. The summed E-state index contributed by atoms with van der Waals surface area (Å²) in [5.41, 5.74) is 0. The second kappa shape index (κ2) is 8.28. The van der Waals surface area contributed by atoms with Crippen molar-refractivity contribution in [3.8, 4) is 0 Å². The number of carbonyl (C=O) groups is 4. The fraction of sp³-hybridized carbons (Fsp3) is 0.750. The number of carboxylic acids is 1. The Morgan fingerprint density at radius 2 is 1.80 bits per heavy atom. The van der Waals surface area contributed by atoms with Crippen molar-refractivity contribution in [1.82, 2.24) is 15.1 Å². The van der Waals surface area contributed by atoms with E-state index in [0.29, 0.717) is 32.4 Å². The number of likely N-dealkylation sites (tertiary alicyclic amines) is 2. The van der Waals surface area contributed by atoms with E-state index in [9.17, 15) is 24.3 Å². The molecule has 0 bridgehead atoms. The summed E-state index contributed by atoms with van der Waals surface area (Å²) in [5.74, 6) is -2.15. The van der Waals surface area contributed by atoms with Gasteiger partial charge in [0.25, 0.3) is 0 Å². The van der Waals surface area contributed by atoms with Crippen LogP contribution in [0.25, 0.3) is 0 Å². The van der Waals surface area contributed by atoms with Crippen LogP contribution in [0.5, 0.6) is 0 Å². The molecule has 0 unspecified atom stereocenters. The Balaban J connectivity index is 1.93. The lowest BCUT2D eigenvalue weighted by molar-refractivity contribution is -0.149. The van der Waals surface area contributed by atoms with Crippen LogP contribution in [0.4, 0.5) is 0 Å². The van der Waals surface area contributed by atoms with Crippen LogP contribution in [0.2, 0.25) is 0 Å². The summed E-state index contributed by atoms with van der Waals surface area (Å²) < 4.78 is 4.63. The number of hydrogen-bond acceptors (Lipinski definition) is 6. The molecule has 2 aliphatic rings. The molecule has 0 aromatic rings. The molecular weight excluding hydrogens is 330 g/mol. The van der Waals surface area contributed by atoms with Gasteiger partial charge in [-0.05, 0) is 39.2 Å². The molecule has 2 N–H and O–H groups in total. The van der Waals surface area contributed by atoms with Gasteiger partial charge in [-0.3, -0.25) is 19.3 Å². The van der Waals surface area contributed by atoms with Crippen molar-refractivity contribution in [1.29, 1.82) is 0 Å². The van der Waals surface area contributed by atoms with Crippen LogP contribution in [-0.2, 0) is 23.9 Å². The quantitative estimate of drug-likeness (QED) is 0.599. The first-order chi connectivity index (χ1) is 11.8. The molecule has 3 atom stereocenters. The van der Waals surface area contributed by atoms with E-state index in [2.05, 4.69) is 10.1 Å². The Morgan fingerprint density at radius 1 is 1.16 bits per heavy atom. The highest BCUT2D eigenvalue weighted by Gasteiger charge is 2.38. The average molecular weight is 355 g/mol. The highest BCUT2D eigenvalue weighted by Crippen LogP contribution is 2.20. The van der Waals surface area contributed by atoms with Crippen molar-refractivity contribution < 1.29 is 29.0 Å². The predicted molar refractivity (Wildman–Crippen MR) is 86.6 cm³/mol. The molecule has 2 aliphatic heterocycles. The van der Waals surface area contributed by atoms with Crippen LogP contribution in [-0.4, -0.2) is 83.5 Å². The molecule has 0 aliphatic carbocycles. The van der Waals surface area contributed by atoms with Gasteiger partial charge in [-0.2, -0.15) is 0 Å². The van der Waals surface area contributed by atoms with Gasteiger partial charge < -0.3 is 20.1 Å². The molecule has 140 valence electrons. The summed E-state index contributed by atoms with van der Waals surface area (Å²) in [4.78, 5) is 50.6. The normalized spacial score (nSPS) is 24.8. The zero-order valence-corrected chi connectivity index (χ0v) is 14.6. The van der Waals surface area contributed by atoms with E-state index >= 15 is 0 Å². The van der Waals surface area contributed by atoms with Gasteiger partial charge in [0.15, 0.2) is 0 Å². The lowest BCUT2D eigenvalue weighted by Gasteiger charge is -2.27. The first kappa shape index (κ1) is 19.2. The Hall–Kier alpha value is -2.16. The van der Waals surface area contributed by atoms with Crippen LogP contribution in [0.3, 0.4) is 0 Å². The number of hydrogen-bond donors (Lipinski definition) is 2. The van der Waals surface area contributed by atoms with E-state index in [-0.39, 0.29) is 12.5 Å². The lowest BCUT2D eigenvalue weighted by Crippen LogP contribution is -2.54. The number of ether oxygens (including phenoxy) is 1. The summed E-state index contributed by atoms with van der Waals surface area (Å²) in [5, 5.41) is 11.8. The molecule has 2 heterocycles. The summed E-state index contributed by atoms with van der Waals surface area (Å²) in [6, 6.07) is -2.12. The Kier molecular flexibility index (Phi) is 6.35. The minimum absolute atomic E-state index is 0.0319. The molecule has 2 amide bonds. The number of amides is 2. The molecule has 2 saturated heterocycles. The summed E-state index contributed by atoms with van der Waals surface area (Å²) in [6.45, 7) is 2.58. The predicted octanol–water partition coefficient (Wildman–Crippen LogP) is -0.796. The highest BCUT2D eigenvalue weighted by atomic mass is 16.5. The standard InChI is InChI=1S/C16H25N3O6/c1-10(15(22)19-8-4-6-12(19)16(23)24)17-14(21)11-5-3-7-18(11)9-13(20)25-2/h10-12H,3-9H2,1-2H3,(H,17,21)(H,23,24)/t10-,11-,12-/m0/s1. The first-order valence-corrected chi connectivity index (χ1v) is 8.49. The third kappa shape index (κ3) is 4.47. The van der Waals surface area contributed by atoms with Crippen molar-refractivity contribution in [3.05, 3.63) is 0 Å². The number of carboxylic acid groups (broad SMARTS) is 1. The second-order valence-corrected chi connectivity index (χ2v) is 6.46. The first-order valence-electron chi connectivity index (χ1n) is 8.49. The van der Waals surface area contributed by atoms with Crippen LogP contribution in [0.15, 0.2) is 0 Å². The van der Waals surface area contributed by atoms with Gasteiger partial charge in [0, 0.05) is 6.54 Å². The van der Waals surface area contributed by atoms with Gasteiger partial charge in [0.2, 0.25) is 11.8 Å². The Bertz CT molecular complexity index is 552. The highest BCUT2D eigenvalue weighted by molar-refractivity contribution is 5.92. The third-order valence-electron chi connectivity index (χ3n) is 4.78. The van der Waals surface area contributed by atoms with Gasteiger partial charge in [-0.15, -0.1) is 0 Å². The van der Waals surface area contributed by atoms with E-state index in [4.69, 9.17) is 0 Å². The monoisotopic (exact) mass is 355 g/mol. The van der Waals surface area contributed by atoms with E-state index in [1.165, 1.54) is 12.0 Å². The van der Waals surface area contributed by atoms with E-state index in [0.717, 1.165) is 6.42 Å². The van der Waals surface area contributed by atoms with Crippen LogP contribution >= 0.6 is 0 Å². The van der Waals surface area contributed by atoms with Crippen LogP contribution < -0.4 is 5.32 Å². The minimum atomic E-state index is -1.02. The number of nitrogens with one attached hydrogen (secondary N) is 1. The van der Waals surface area contributed by atoms with Crippen LogP contribution in [0.1, 0.15) is 32.6 Å². The summed E-state index contributed by atoms with van der Waals surface area (Å²) in [7, 11) is 1.29. The largest absolute Gasteiger partial charge is 0.480 e. The maximum Gasteiger partial charge on any atom is 0.326 e. The van der Waals surface area contributed by atoms with Gasteiger partial charge in [-0.1, -0.05) is 0 Å². The Labute approximate surface area is 146 Å². The van der Waals surface area contributed by atoms with Crippen molar-refractivity contribution >= 4 is 23.8 Å². The molecule has 9 nitrogen and oxygen atoms in total. The van der Waals surface area contributed by atoms with Gasteiger partial charge in [0.05, 0.1) is 19.7 Å². The van der Waals surface area contributed by atoms with Crippen LogP contribution in [0, 0.1) is 0 Å². The number of rotatable bonds is 6. The van der Waals surface area contributed by atoms with E-state index in [1.54, 1.807) is 11.8 Å². The third-order valence-corrected chi connectivity index (χ3v) is 4.78. The maximum absolute atomic E-state index is 12.5. The molecule has 25 heavy (non-hydrogen) atoms. The smallest absolute Gasteiger partial charge is 0.326 e. The number of esters is 1. The fourth-order valence-electron chi connectivity index (χ4n) is 3.45. The summed E-state index contributed by atoms with van der Waals surface area (Å²) >= 11 is 0. The lowest BCUT2D eigenvalue weighted by atomic mass is 10.1. The van der Waals surface area contributed by atoms with Gasteiger partial charge >= 0.3 is 11.9 Å². The van der Waals surface area contributed by atoms with E-state index in [1.807, 2.05) is 0 Å². The molecule has 2 rings (SSSR count). The molecule has 0 saturated carbocycles. The molecular formula is C16H25N3O6. The number of carbonyl (C=O) groups excluding carboxylic acids is 3. The van der Waals surface area contributed by atoms with E-state index < -0.39 is 36.0 Å². The number of nitrogens with zero attached hydrogens (tertiary/aromatic N) is 2. The number of aliphatic carboxylic acids is 1. The Morgan fingerprint density at radius 3 is 2.44 bits per heavy atom. The topological polar surface area (TPSA) is 116 Å². The van der Waals surface area contributed by atoms with Crippen molar-refractivity contribution in [2.45, 2.75) is 50.7 Å². The second-order valence-electron chi connectivity index (χ2n) is 6.46. The molecule has 0 aromatic carbocycles. The zero-order chi connectivity index (χ0) is 18.6. The average Bonchev–Trinajstić information content (AvgIpc) is 3.22. The van der Waals surface area contributed by atoms with Crippen molar-refractivity contribution in [3.63, 3.8) is 0 Å². The fourth-order valence-corrected chi connectivity index (χ4v) is 3.45.